The number of thioether (sulfide) groups is 1. The Hall–Kier alpha value is -3.05. The van der Waals surface area contributed by atoms with Crippen LogP contribution >= 0.6 is 11.8 Å². The van der Waals surface area contributed by atoms with Crippen LogP contribution in [0.3, 0.4) is 0 Å². The highest BCUT2D eigenvalue weighted by molar-refractivity contribution is 8.00. The Morgan fingerprint density at radius 2 is 1.39 bits per heavy atom. The van der Waals surface area contributed by atoms with E-state index in [1.165, 1.54) is 11.8 Å². The number of hydrogen-bond donors (Lipinski definition) is 1. The first-order valence-electron chi connectivity index (χ1n) is 11.4. The molecule has 33 heavy (non-hydrogen) atoms. The van der Waals surface area contributed by atoms with Gasteiger partial charge in [-0.15, -0.1) is 11.8 Å². The largest absolute Gasteiger partial charge is 0.352 e. The van der Waals surface area contributed by atoms with E-state index in [4.69, 9.17) is 0 Å². The predicted molar refractivity (Wildman–Crippen MR) is 136 cm³/mol. The zero-order valence-corrected chi connectivity index (χ0v) is 20.1. The molecule has 0 saturated carbocycles. The fourth-order valence-corrected chi connectivity index (χ4v) is 4.33. The van der Waals surface area contributed by atoms with Crippen LogP contribution in [-0.4, -0.2) is 34.6 Å². The minimum atomic E-state index is -0.592. The van der Waals surface area contributed by atoms with Gasteiger partial charge in [0.2, 0.25) is 11.8 Å². The molecule has 0 aliphatic rings. The van der Waals surface area contributed by atoms with Crippen molar-refractivity contribution < 1.29 is 9.59 Å². The minimum Gasteiger partial charge on any atom is -0.352 e. The van der Waals surface area contributed by atoms with Gasteiger partial charge in [-0.05, 0) is 36.6 Å². The van der Waals surface area contributed by atoms with Crippen LogP contribution in [0.4, 0.5) is 0 Å². The SMILES string of the molecule is CC[C@H](C)NC(=O)[C@@H](Cc1ccccc1)N(Cc1ccccc1)C(=O)CSc1ccccc1. The van der Waals surface area contributed by atoms with E-state index in [-0.39, 0.29) is 23.6 Å². The average molecular weight is 461 g/mol. The summed E-state index contributed by atoms with van der Waals surface area (Å²) < 4.78 is 0. The lowest BCUT2D eigenvalue weighted by atomic mass is 10.0. The van der Waals surface area contributed by atoms with E-state index in [2.05, 4.69) is 5.32 Å². The summed E-state index contributed by atoms with van der Waals surface area (Å²) in [5, 5.41) is 3.11. The number of rotatable bonds is 11. The Labute approximate surface area is 201 Å². The van der Waals surface area contributed by atoms with Gasteiger partial charge in [-0.25, -0.2) is 0 Å². The molecule has 172 valence electrons. The van der Waals surface area contributed by atoms with Crippen molar-refractivity contribution in [2.24, 2.45) is 0 Å². The van der Waals surface area contributed by atoms with Gasteiger partial charge < -0.3 is 10.2 Å². The molecule has 4 nitrogen and oxygen atoms in total. The van der Waals surface area contributed by atoms with Crippen LogP contribution in [-0.2, 0) is 22.6 Å². The summed E-state index contributed by atoms with van der Waals surface area (Å²) >= 11 is 1.50. The number of hydrogen-bond acceptors (Lipinski definition) is 3. The minimum absolute atomic E-state index is 0.0446. The Morgan fingerprint density at radius 3 is 1.97 bits per heavy atom. The van der Waals surface area contributed by atoms with Crippen LogP contribution in [0.5, 0.6) is 0 Å². The molecule has 0 bridgehead atoms. The quantitative estimate of drug-likeness (QED) is 0.393. The molecule has 0 spiro atoms. The van der Waals surface area contributed by atoms with E-state index < -0.39 is 6.04 Å². The molecular weight excluding hydrogens is 428 g/mol. The Bertz CT molecular complexity index is 996. The van der Waals surface area contributed by atoms with E-state index in [0.717, 1.165) is 22.4 Å². The van der Waals surface area contributed by atoms with Gasteiger partial charge in [0.1, 0.15) is 6.04 Å². The molecule has 0 radical (unpaired) electrons. The summed E-state index contributed by atoms with van der Waals surface area (Å²) in [6, 6.07) is 29.1. The number of nitrogens with zero attached hydrogens (tertiary/aromatic N) is 1. The summed E-state index contributed by atoms with van der Waals surface area (Å²) in [4.78, 5) is 29.7. The van der Waals surface area contributed by atoms with Gasteiger partial charge >= 0.3 is 0 Å². The van der Waals surface area contributed by atoms with E-state index in [1.54, 1.807) is 4.90 Å². The molecule has 0 saturated heterocycles. The first-order valence-corrected chi connectivity index (χ1v) is 12.4. The number of amides is 2. The summed E-state index contributed by atoms with van der Waals surface area (Å²) in [6.45, 7) is 4.42. The Kier molecular flexibility index (Phi) is 9.58. The lowest BCUT2D eigenvalue weighted by Crippen LogP contribution is -2.52. The normalized spacial score (nSPS) is 12.5. The molecule has 2 atom stereocenters. The molecular formula is C28H32N2O2S. The Morgan fingerprint density at radius 1 is 0.848 bits per heavy atom. The molecule has 3 rings (SSSR count). The summed E-state index contributed by atoms with van der Waals surface area (Å²) in [7, 11) is 0. The van der Waals surface area contributed by atoms with E-state index in [1.807, 2.05) is 105 Å². The molecule has 0 fully saturated rings. The fraction of sp³-hybridized carbons (Fsp3) is 0.286. The van der Waals surface area contributed by atoms with Gasteiger partial charge in [0.15, 0.2) is 0 Å². The smallest absolute Gasteiger partial charge is 0.243 e. The van der Waals surface area contributed by atoms with Crippen molar-refractivity contribution in [3.8, 4) is 0 Å². The molecule has 1 N–H and O–H groups in total. The number of nitrogens with one attached hydrogen (secondary N) is 1. The highest BCUT2D eigenvalue weighted by atomic mass is 32.2. The second-order valence-electron chi connectivity index (χ2n) is 8.13. The van der Waals surface area contributed by atoms with Gasteiger partial charge in [0, 0.05) is 23.9 Å². The maximum atomic E-state index is 13.5. The van der Waals surface area contributed by atoms with Crippen molar-refractivity contribution in [3.63, 3.8) is 0 Å². The Balaban J connectivity index is 1.88. The van der Waals surface area contributed by atoms with Crippen molar-refractivity contribution in [1.82, 2.24) is 10.2 Å². The van der Waals surface area contributed by atoms with Crippen LogP contribution < -0.4 is 5.32 Å². The molecule has 0 aliphatic heterocycles. The number of benzene rings is 3. The molecule has 0 aliphatic carbocycles. The van der Waals surface area contributed by atoms with Gasteiger partial charge in [0.25, 0.3) is 0 Å². The summed E-state index contributed by atoms with van der Waals surface area (Å²) in [5.41, 5.74) is 2.04. The fourth-order valence-electron chi connectivity index (χ4n) is 3.52. The first-order chi connectivity index (χ1) is 16.1. The summed E-state index contributed by atoms with van der Waals surface area (Å²) in [6.07, 6.45) is 1.30. The van der Waals surface area contributed by atoms with Crippen LogP contribution in [0.15, 0.2) is 95.9 Å². The molecule has 0 heterocycles. The highest BCUT2D eigenvalue weighted by Gasteiger charge is 2.30. The van der Waals surface area contributed by atoms with E-state index in [9.17, 15) is 9.59 Å². The van der Waals surface area contributed by atoms with Gasteiger partial charge in [-0.3, -0.25) is 9.59 Å². The molecule has 2 amide bonds. The topological polar surface area (TPSA) is 49.4 Å². The van der Waals surface area contributed by atoms with Crippen molar-refractivity contribution in [2.75, 3.05) is 5.75 Å². The van der Waals surface area contributed by atoms with Crippen LogP contribution in [0.2, 0.25) is 0 Å². The molecule has 0 unspecified atom stereocenters. The highest BCUT2D eigenvalue weighted by Crippen LogP contribution is 2.21. The van der Waals surface area contributed by atoms with E-state index >= 15 is 0 Å². The third-order valence-electron chi connectivity index (χ3n) is 5.57. The van der Waals surface area contributed by atoms with Crippen LogP contribution in [0.25, 0.3) is 0 Å². The molecule has 5 heteroatoms. The first kappa shape index (κ1) is 24.6. The standard InChI is InChI=1S/C28H32N2O2S/c1-3-22(2)29-28(32)26(19-23-13-7-4-8-14-23)30(20-24-15-9-5-10-16-24)27(31)21-33-25-17-11-6-12-18-25/h4-18,22,26H,3,19-21H2,1-2H3,(H,29,32)/t22-,26+/m0/s1. The van der Waals surface area contributed by atoms with Crippen molar-refractivity contribution >= 4 is 23.6 Å². The number of carbonyl (C=O) groups excluding carboxylic acids is 2. The maximum absolute atomic E-state index is 13.5. The second-order valence-corrected chi connectivity index (χ2v) is 9.18. The van der Waals surface area contributed by atoms with Crippen LogP contribution in [0, 0.1) is 0 Å². The van der Waals surface area contributed by atoms with Crippen molar-refractivity contribution in [2.45, 2.75) is 50.2 Å². The zero-order valence-electron chi connectivity index (χ0n) is 19.3. The third-order valence-corrected chi connectivity index (χ3v) is 6.57. The van der Waals surface area contributed by atoms with E-state index in [0.29, 0.717) is 13.0 Å². The third kappa shape index (κ3) is 7.79. The van der Waals surface area contributed by atoms with Gasteiger partial charge in [0.05, 0.1) is 5.75 Å². The van der Waals surface area contributed by atoms with Gasteiger partial charge in [-0.2, -0.15) is 0 Å². The summed E-state index contributed by atoms with van der Waals surface area (Å²) in [5.74, 6) is 0.119. The van der Waals surface area contributed by atoms with Crippen LogP contribution in [0.1, 0.15) is 31.4 Å². The predicted octanol–water partition coefficient (Wildman–Crippen LogP) is 5.33. The maximum Gasteiger partial charge on any atom is 0.243 e. The van der Waals surface area contributed by atoms with Crippen molar-refractivity contribution in [1.29, 1.82) is 0 Å². The monoisotopic (exact) mass is 460 g/mol. The lowest BCUT2D eigenvalue weighted by Gasteiger charge is -2.32. The number of carbonyl (C=O) groups is 2. The molecule has 3 aromatic rings. The molecule has 0 aromatic heterocycles. The average Bonchev–Trinajstić information content (AvgIpc) is 2.86. The zero-order chi connectivity index (χ0) is 23.5. The van der Waals surface area contributed by atoms with Crippen molar-refractivity contribution in [3.05, 3.63) is 102 Å². The second kappa shape index (κ2) is 12.9. The van der Waals surface area contributed by atoms with Gasteiger partial charge in [-0.1, -0.05) is 85.8 Å². The molecule has 3 aromatic carbocycles. The lowest BCUT2D eigenvalue weighted by molar-refractivity contribution is -0.139.